The fraction of sp³-hybridized carbons (Fsp3) is 0.538. The van der Waals surface area contributed by atoms with Crippen LogP contribution in [-0.4, -0.2) is 12.3 Å². The molecule has 2 heteroatoms. The predicted molar refractivity (Wildman–Crippen MR) is 69.4 cm³/mol. The number of rotatable bonds is 5. The second kappa shape index (κ2) is 6.19. The molecule has 0 amide bonds. The Balaban J connectivity index is 2.74. The zero-order chi connectivity index (χ0) is 11.3. The summed E-state index contributed by atoms with van der Waals surface area (Å²) in [5, 5.41) is 3.88. The van der Waals surface area contributed by atoms with Gasteiger partial charge in [-0.15, -0.1) is 11.8 Å². The SMILES string of the molecule is CNCc1ccccc1SC(C)C(C)C. The van der Waals surface area contributed by atoms with Crippen LogP contribution in [0.15, 0.2) is 29.2 Å². The molecule has 15 heavy (non-hydrogen) atoms. The van der Waals surface area contributed by atoms with Crippen molar-refractivity contribution in [2.24, 2.45) is 5.92 Å². The van der Waals surface area contributed by atoms with Crippen molar-refractivity contribution in [3.05, 3.63) is 29.8 Å². The Morgan fingerprint density at radius 1 is 1.20 bits per heavy atom. The van der Waals surface area contributed by atoms with Gasteiger partial charge in [0, 0.05) is 16.7 Å². The Hall–Kier alpha value is -0.470. The number of hydrogen-bond donors (Lipinski definition) is 1. The lowest BCUT2D eigenvalue weighted by Gasteiger charge is -2.17. The highest BCUT2D eigenvalue weighted by molar-refractivity contribution is 8.00. The molecule has 1 aromatic rings. The van der Waals surface area contributed by atoms with Gasteiger partial charge in [0.05, 0.1) is 0 Å². The molecule has 84 valence electrons. The Bertz CT molecular complexity index is 296. The van der Waals surface area contributed by atoms with Gasteiger partial charge < -0.3 is 5.32 Å². The maximum Gasteiger partial charge on any atom is 0.0213 e. The molecule has 0 aromatic heterocycles. The minimum absolute atomic E-state index is 0.669. The van der Waals surface area contributed by atoms with E-state index in [1.54, 1.807) is 0 Å². The molecule has 1 aromatic carbocycles. The molecule has 0 heterocycles. The summed E-state index contributed by atoms with van der Waals surface area (Å²) in [7, 11) is 1.99. The van der Waals surface area contributed by atoms with Crippen LogP contribution < -0.4 is 5.32 Å². The van der Waals surface area contributed by atoms with Gasteiger partial charge >= 0.3 is 0 Å². The highest BCUT2D eigenvalue weighted by Crippen LogP contribution is 2.30. The first-order valence-corrected chi connectivity index (χ1v) is 6.42. The molecule has 0 aliphatic rings. The summed E-state index contributed by atoms with van der Waals surface area (Å²) in [6.07, 6.45) is 0. The van der Waals surface area contributed by atoms with Crippen LogP contribution in [0.2, 0.25) is 0 Å². The van der Waals surface area contributed by atoms with E-state index in [0.29, 0.717) is 5.25 Å². The molecule has 0 spiro atoms. The molecule has 0 fully saturated rings. The number of nitrogens with one attached hydrogen (secondary N) is 1. The molecule has 1 rings (SSSR count). The smallest absolute Gasteiger partial charge is 0.0213 e. The van der Waals surface area contributed by atoms with E-state index < -0.39 is 0 Å². The monoisotopic (exact) mass is 223 g/mol. The molecule has 1 atom stereocenters. The van der Waals surface area contributed by atoms with Gasteiger partial charge in [-0.25, -0.2) is 0 Å². The topological polar surface area (TPSA) is 12.0 Å². The third kappa shape index (κ3) is 3.88. The van der Waals surface area contributed by atoms with E-state index in [9.17, 15) is 0 Å². The van der Waals surface area contributed by atoms with Crippen molar-refractivity contribution in [3.63, 3.8) is 0 Å². The third-order valence-electron chi connectivity index (χ3n) is 2.59. The molecule has 0 bridgehead atoms. The summed E-state index contributed by atoms with van der Waals surface area (Å²) < 4.78 is 0. The Morgan fingerprint density at radius 2 is 1.87 bits per heavy atom. The normalized spacial score (nSPS) is 13.1. The van der Waals surface area contributed by atoms with Gasteiger partial charge in [0.2, 0.25) is 0 Å². The summed E-state index contributed by atoms with van der Waals surface area (Å²) >= 11 is 1.98. The van der Waals surface area contributed by atoms with Crippen LogP contribution in [0, 0.1) is 5.92 Å². The average Bonchev–Trinajstić information content (AvgIpc) is 2.21. The molecule has 1 unspecified atom stereocenters. The second-order valence-corrected chi connectivity index (χ2v) is 5.62. The molecule has 0 saturated heterocycles. The molecule has 0 aliphatic heterocycles. The zero-order valence-corrected chi connectivity index (χ0v) is 10.9. The first-order chi connectivity index (χ1) is 7.15. The lowest BCUT2D eigenvalue weighted by atomic mass is 10.2. The summed E-state index contributed by atoms with van der Waals surface area (Å²) in [6.45, 7) is 7.80. The van der Waals surface area contributed by atoms with Crippen molar-refractivity contribution in [1.29, 1.82) is 0 Å². The molecular weight excluding hydrogens is 202 g/mol. The van der Waals surface area contributed by atoms with Crippen LogP contribution in [0.1, 0.15) is 26.3 Å². The van der Waals surface area contributed by atoms with Gasteiger partial charge in [0.25, 0.3) is 0 Å². The number of benzene rings is 1. The van der Waals surface area contributed by atoms with E-state index in [-0.39, 0.29) is 0 Å². The van der Waals surface area contributed by atoms with Crippen LogP contribution in [0.3, 0.4) is 0 Å². The maximum atomic E-state index is 3.21. The average molecular weight is 223 g/mol. The van der Waals surface area contributed by atoms with Crippen LogP contribution in [-0.2, 0) is 6.54 Å². The van der Waals surface area contributed by atoms with Crippen molar-refractivity contribution in [2.75, 3.05) is 7.05 Å². The molecule has 0 radical (unpaired) electrons. The van der Waals surface area contributed by atoms with E-state index in [2.05, 4.69) is 50.4 Å². The van der Waals surface area contributed by atoms with Crippen molar-refractivity contribution in [1.82, 2.24) is 5.32 Å². The van der Waals surface area contributed by atoms with Crippen LogP contribution in [0.4, 0.5) is 0 Å². The van der Waals surface area contributed by atoms with Crippen molar-refractivity contribution in [2.45, 2.75) is 37.5 Å². The van der Waals surface area contributed by atoms with Gasteiger partial charge in [-0.2, -0.15) is 0 Å². The quantitative estimate of drug-likeness (QED) is 0.766. The standard InChI is InChI=1S/C13H21NS/c1-10(2)11(3)15-13-8-6-5-7-12(13)9-14-4/h5-8,10-11,14H,9H2,1-4H3. The molecule has 0 aliphatic carbocycles. The van der Waals surface area contributed by atoms with Gasteiger partial charge in [0.15, 0.2) is 0 Å². The third-order valence-corrected chi connectivity index (χ3v) is 4.16. The van der Waals surface area contributed by atoms with Crippen molar-refractivity contribution >= 4 is 11.8 Å². The predicted octanol–water partition coefficient (Wildman–Crippen LogP) is 3.54. The van der Waals surface area contributed by atoms with Crippen LogP contribution in [0.5, 0.6) is 0 Å². The highest BCUT2D eigenvalue weighted by atomic mass is 32.2. The molecule has 1 nitrogen and oxygen atoms in total. The highest BCUT2D eigenvalue weighted by Gasteiger charge is 2.10. The van der Waals surface area contributed by atoms with Crippen LogP contribution >= 0.6 is 11.8 Å². The molecule has 1 N–H and O–H groups in total. The summed E-state index contributed by atoms with van der Waals surface area (Å²) in [6, 6.07) is 8.65. The van der Waals surface area contributed by atoms with Gasteiger partial charge in [0.1, 0.15) is 0 Å². The Kier molecular flexibility index (Phi) is 5.20. The van der Waals surface area contributed by atoms with Crippen LogP contribution in [0.25, 0.3) is 0 Å². The summed E-state index contributed by atoms with van der Waals surface area (Å²) in [5.41, 5.74) is 1.40. The molecule has 0 saturated carbocycles. The second-order valence-electron chi connectivity index (χ2n) is 4.21. The van der Waals surface area contributed by atoms with Gasteiger partial charge in [-0.3, -0.25) is 0 Å². The zero-order valence-electron chi connectivity index (χ0n) is 10.1. The largest absolute Gasteiger partial charge is 0.316 e. The summed E-state index contributed by atoms with van der Waals surface area (Å²) in [5.74, 6) is 0.720. The fourth-order valence-corrected chi connectivity index (χ4v) is 2.41. The van der Waals surface area contributed by atoms with E-state index in [1.165, 1.54) is 10.5 Å². The van der Waals surface area contributed by atoms with Gasteiger partial charge in [-0.05, 0) is 24.6 Å². The minimum atomic E-state index is 0.669. The first kappa shape index (κ1) is 12.6. The van der Waals surface area contributed by atoms with Crippen molar-refractivity contribution in [3.8, 4) is 0 Å². The van der Waals surface area contributed by atoms with E-state index in [1.807, 2.05) is 18.8 Å². The first-order valence-electron chi connectivity index (χ1n) is 5.54. The van der Waals surface area contributed by atoms with E-state index >= 15 is 0 Å². The van der Waals surface area contributed by atoms with E-state index in [0.717, 1.165) is 12.5 Å². The number of thioether (sulfide) groups is 1. The molecular formula is C13H21NS. The minimum Gasteiger partial charge on any atom is -0.316 e. The lowest BCUT2D eigenvalue weighted by Crippen LogP contribution is -2.09. The summed E-state index contributed by atoms with van der Waals surface area (Å²) in [4.78, 5) is 1.41. The Labute approximate surface area is 97.7 Å². The maximum absolute atomic E-state index is 3.21. The van der Waals surface area contributed by atoms with Crippen molar-refractivity contribution < 1.29 is 0 Å². The number of hydrogen-bond acceptors (Lipinski definition) is 2. The van der Waals surface area contributed by atoms with Gasteiger partial charge in [-0.1, -0.05) is 39.0 Å². The fourth-order valence-electron chi connectivity index (χ4n) is 1.29. The Morgan fingerprint density at radius 3 is 2.47 bits per heavy atom. The van der Waals surface area contributed by atoms with E-state index in [4.69, 9.17) is 0 Å². The lowest BCUT2D eigenvalue weighted by molar-refractivity contribution is 0.642.